The van der Waals surface area contributed by atoms with E-state index >= 15 is 0 Å². The van der Waals surface area contributed by atoms with Gasteiger partial charge in [0.1, 0.15) is 11.9 Å². The first-order chi connectivity index (χ1) is 13.5. The van der Waals surface area contributed by atoms with Crippen LogP contribution in [0.1, 0.15) is 61.9 Å². The molecule has 0 saturated heterocycles. The van der Waals surface area contributed by atoms with E-state index in [9.17, 15) is 10.1 Å². The lowest BCUT2D eigenvalue weighted by atomic mass is 9.95. The summed E-state index contributed by atoms with van der Waals surface area (Å²) in [4.78, 5) is 12.6. The smallest absolute Gasteiger partial charge is 0.235 e. The van der Waals surface area contributed by atoms with Crippen LogP contribution in [0.5, 0.6) is 0 Å². The minimum atomic E-state index is -0.128. The molecule has 0 radical (unpaired) electrons. The zero-order valence-corrected chi connectivity index (χ0v) is 18.2. The molecule has 0 bridgehead atoms. The molecule has 0 aliphatic heterocycles. The first kappa shape index (κ1) is 20.7. The van der Waals surface area contributed by atoms with Crippen molar-refractivity contribution in [2.75, 3.05) is 22.9 Å². The zero-order valence-electron chi connectivity index (χ0n) is 16.5. The van der Waals surface area contributed by atoms with Gasteiger partial charge in [-0.05, 0) is 39.2 Å². The van der Waals surface area contributed by atoms with Crippen molar-refractivity contribution in [3.63, 3.8) is 0 Å². The van der Waals surface area contributed by atoms with E-state index in [0.29, 0.717) is 17.4 Å². The summed E-state index contributed by atoms with van der Waals surface area (Å²) in [6, 6.07) is 2.64. The zero-order chi connectivity index (χ0) is 20.1. The SMILES string of the molecule is CCNc1nnc(SCC(=O)Nc2c(C#N)c(C)c(C)n2C2CCCCC2)s1. The average molecular weight is 419 g/mol. The second-order valence-electron chi connectivity index (χ2n) is 6.95. The highest BCUT2D eigenvalue weighted by atomic mass is 32.2. The molecule has 2 N–H and O–H groups in total. The molecule has 1 amide bonds. The summed E-state index contributed by atoms with van der Waals surface area (Å²) in [7, 11) is 0. The molecule has 1 aliphatic rings. The highest BCUT2D eigenvalue weighted by Crippen LogP contribution is 2.37. The molecule has 28 heavy (non-hydrogen) atoms. The normalized spacial score (nSPS) is 14.6. The van der Waals surface area contributed by atoms with E-state index < -0.39 is 0 Å². The van der Waals surface area contributed by atoms with Crippen LogP contribution >= 0.6 is 23.1 Å². The van der Waals surface area contributed by atoms with Gasteiger partial charge >= 0.3 is 0 Å². The summed E-state index contributed by atoms with van der Waals surface area (Å²) in [5.41, 5.74) is 2.60. The third kappa shape index (κ3) is 4.50. The van der Waals surface area contributed by atoms with Crippen LogP contribution in [0.3, 0.4) is 0 Å². The van der Waals surface area contributed by atoms with Gasteiger partial charge in [0.05, 0.1) is 11.3 Å². The number of rotatable bonds is 7. The van der Waals surface area contributed by atoms with Gasteiger partial charge in [0.2, 0.25) is 11.0 Å². The number of carbonyl (C=O) groups excluding carboxylic acids is 1. The van der Waals surface area contributed by atoms with Gasteiger partial charge in [0.15, 0.2) is 4.34 Å². The molecule has 2 aromatic rings. The van der Waals surface area contributed by atoms with Gasteiger partial charge < -0.3 is 15.2 Å². The highest BCUT2D eigenvalue weighted by Gasteiger charge is 2.26. The van der Waals surface area contributed by atoms with Gasteiger partial charge in [-0.2, -0.15) is 5.26 Å². The molecule has 0 spiro atoms. The lowest BCUT2D eigenvalue weighted by Gasteiger charge is -2.27. The number of anilines is 2. The van der Waals surface area contributed by atoms with Crippen LogP contribution in [-0.4, -0.2) is 33.0 Å². The number of hydrogen-bond acceptors (Lipinski definition) is 7. The molecular weight excluding hydrogens is 392 g/mol. The molecule has 0 atom stereocenters. The Hall–Kier alpha value is -2.05. The summed E-state index contributed by atoms with van der Waals surface area (Å²) in [5, 5.41) is 24.7. The summed E-state index contributed by atoms with van der Waals surface area (Å²) < 4.78 is 2.94. The van der Waals surface area contributed by atoms with E-state index in [2.05, 4.69) is 31.5 Å². The summed E-state index contributed by atoms with van der Waals surface area (Å²) in [5.74, 6) is 0.761. The number of nitrogens with zero attached hydrogens (tertiary/aromatic N) is 4. The average Bonchev–Trinajstić information content (AvgIpc) is 3.24. The van der Waals surface area contributed by atoms with Gasteiger partial charge in [0, 0.05) is 18.3 Å². The van der Waals surface area contributed by atoms with Crippen molar-refractivity contribution in [1.29, 1.82) is 5.26 Å². The van der Waals surface area contributed by atoms with Crippen molar-refractivity contribution in [2.24, 2.45) is 0 Å². The van der Waals surface area contributed by atoms with Crippen LogP contribution in [-0.2, 0) is 4.79 Å². The van der Waals surface area contributed by atoms with E-state index in [-0.39, 0.29) is 11.7 Å². The van der Waals surface area contributed by atoms with Gasteiger partial charge in [-0.15, -0.1) is 10.2 Å². The van der Waals surface area contributed by atoms with Crippen molar-refractivity contribution in [3.05, 3.63) is 16.8 Å². The maximum Gasteiger partial charge on any atom is 0.235 e. The number of amides is 1. The van der Waals surface area contributed by atoms with Crippen molar-refractivity contribution in [3.8, 4) is 6.07 Å². The number of thioether (sulfide) groups is 1. The third-order valence-corrected chi connectivity index (χ3v) is 7.14. The van der Waals surface area contributed by atoms with Crippen LogP contribution in [0, 0.1) is 25.2 Å². The molecule has 150 valence electrons. The number of nitriles is 1. The van der Waals surface area contributed by atoms with E-state index in [1.807, 2.05) is 20.8 Å². The monoisotopic (exact) mass is 418 g/mol. The number of hydrogen-bond donors (Lipinski definition) is 2. The van der Waals surface area contributed by atoms with Crippen molar-refractivity contribution in [1.82, 2.24) is 14.8 Å². The van der Waals surface area contributed by atoms with Crippen LogP contribution in [0.4, 0.5) is 10.9 Å². The Bertz CT molecular complexity index is 876. The third-order valence-electron chi connectivity index (χ3n) is 5.13. The van der Waals surface area contributed by atoms with Crippen LogP contribution in [0.2, 0.25) is 0 Å². The lowest BCUT2D eigenvalue weighted by Crippen LogP contribution is -2.21. The predicted molar refractivity (Wildman–Crippen MR) is 114 cm³/mol. The summed E-state index contributed by atoms with van der Waals surface area (Å²) in [6.07, 6.45) is 5.83. The first-order valence-corrected chi connectivity index (χ1v) is 11.5. The molecule has 1 aliphatic carbocycles. The minimum absolute atomic E-state index is 0.128. The number of nitrogens with one attached hydrogen (secondary N) is 2. The van der Waals surface area contributed by atoms with E-state index in [0.717, 1.165) is 40.1 Å². The Morgan fingerprint density at radius 3 is 2.75 bits per heavy atom. The fourth-order valence-corrected chi connectivity index (χ4v) is 5.29. The van der Waals surface area contributed by atoms with Gasteiger partial charge in [-0.3, -0.25) is 4.79 Å². The quantitative estimate of drug-likeness (QED) is 0.643. The maximum atomic E-state index is 12.6. The molecule has 7 nitrogen and oxygen atoms in total. The standard InChI is InChI=1S/C19H26N6OS2/c1-4-21-18-23-24-19(28-18)27-11-16(26)22-17-15(10-20)12(2)13(3)25(17)14-8-6-5-7-9-14/h14H,4-9,11H2,1-3H3,(H,21,23)(H,22,26). The molecular formula is C19H26N6OS2. The molecule has 2 aromatic heterocycles. The van der Waals surface area contributed by atoms with Gasteiger partial charge in [-0.1, -0.05) is 42.4 Å². The molecule has 2 heterocycles. The Balaban J connectivity index is 1.73. The lowest BCUT2D eigenvalue weighted by molar-refractivity contribution is -0.113. The number of carbonyl (C=O) groups is 1. The largest absolute Gasteiger partial charge is 0.360 e. The van der Waals surface area contributed by atoms with E-state index in [1.165, 1.54) is 42.4 Å². The van der Waals surface area contributed by atoms with Crippen molar-refractivity contribution < 1.29 is 4.79 Å². The second-order valence-corrected chi connectivity index (χ2v) is 9.15. The Labute approximate surface area is 173 Å². The van der Waals surface area contributed by atoms with E-state index in [4.69, 9.17) is 0 Å². The molecule has 3 rings (SSSR count). The molecule has 1 fully saturated rings. The van der Waals surface area contributed by atoms with Crippen LogP contribution in [0.25, 0.3) is 0 Å². The van der Waals surface area contributed by atoms with Crippen molar-refractivity contribution in [2.45, 2.75) is 63.3 Å². The summed E-state index contributed by atoms with van der Waals surface area (Å²) >= 11 is 2.80. The molecule has 9 heteroatoms. The second kappa shape index (κ2) is 9.43. The fraction of sp³-hybridized carbons (Fsp3) is 0.579. The Morgan fingerprint density at radius 2 is 2.07 bits per heavy atom. The maximum absolute atomic E-state index is 12.6. The topological polar surface area (TPSA) is 95.6 Å². The summed E-state index contributed by atoms with van der Waals surface area (Å²) in [6.45, 7) is 6.78. The van der Waals surface area contributed by atoms with Crippen LogP contribution in [0.15, 0.2) is 4.34 Å². The fourth-order valence-electron chi connectivity index (χ4n) is 3.67. The molecule has 0 unspecified atom stereocenters. The Morgan fingerprint density at radius 1 is 1.32 bits per heavy atom. The Kier molecular flexibility index (Phi) is 6.97. The first-order valence-electron chi connectivity index (χ1n) is 9.66. The van der Waals surface area contributed by atoms with Gasteiger partial charge in [0.25, 0.3) is 0 Å². The predicted octanol–water partition coefficient (Wildman–Crippen LogP) is 4.50. The van der Waals surface area contributed by atoms with E-state index in [1.54, 1.807) is 0 Å². The van der Waals surface area contributed by atoms with Crippen LogP contribution < -0.4 is 10.6 Å². The number of aromatic nitrogens is 3. The van der Waals surface area contributed by atoms with Crippen molar-refractivity contribution >= 4 is 40.0 Å². The van der Waals surface area contributed by atoms with Gasteiger partial charge in [-0.25, -0.2) is 0 Å². The molecule has 0 aromatic carbocycles. The highest BCUT2D eigenvalue weighted by molar-refractivity contribution is 8.01. The molecule has 1 saturated carbocycles. The minimum Gasteiger partial charge on any atom is -0.360 e.